The van der Waals surface area contributed by atoms with Gasteiger partial charge in [0.15, 0.2) is 0 Å². The first-order valence-corrected chi connectivity index (χ1v) is 12.8. The third-order valence-corrected chi connectivity index (χ3v) is 6.78. The van der Waals surface area contributed by atoms with E-state index < -0.39 is 27.5 Å². The molecule has 7 nitrogen and oxygen atoms in total. The molecule has 0 spiro atoms. The summed E-state index contributed by atoms with van der Waals surface area (Å²) in [4.78, 5) is 13.8. The number of rotatable bonds is 8. The first kappa shape index (κ1) is 27.2. The fraction of sp³-hybridized carbons (Fsp3) is 0.296. The molecular formula is C27H31FN2O5S. The number of aromatic nitrogens is 1. The molecule has 0 saturated heterocycles. The van der Waals surface area contributed by atoms with Gasteiger partial charge in [-0.1, -0.05) is 36.4 Å². The molecule has 36 heavy (non-hydrogen) atoms. The summed E-state index contributed by atoms with van der Waals surface area (Å²) in [7, 11) is -0.979. The topological polar surface area (TPSA) is 77.8 Å². The molecule has 2 aromatic carbocycles. The Bertz CT molecular complexity index is 1360. The van der Waals surface area contributed by atoms with Crippen LogP contribution >= 0.6 is 0 Å². The molecule has 0 radical (unpaired) electrons. The molecular weight excluding hydrogens is 483 g/mol. The predicted molar refractivity (Wildman–Crippen MR) is 137 cm³/mol. The van der Waals surface area contributed by atoms with Crippen LogP contribution in [0.1, 0.15) is 31.9 Å². The van der Waals surface area contributed by atoms with Crippen LogP contribution in [0.3, 0.4) is 0 Å². The normalized spacial score (nSPS) is 12.2. The Morgan fingerprint density at radius 1 is 1.11 bits per heavy atom. The average Bonchev–Trinajstić information content (AvgIpc) is 3.23. The number of hydrogen-bond donors (Lipinski definition) is 0. The Hall–Kier alpha value is -3.43. The fourth-order valence-electron chi connectivity index (χ4n) is 3.50. The van der Waals surface area contributed by atoms with Gasteiger partial charge in [0.25, 0.3) is 10.0 Å². The van der Waals surface area contributed by atoms with Crippen LogP contribution in [0.4, 0.5) is 9.18 Å². The van der Waals surface area contributed by atoms with Gasteiger partial charge in [-0.3, -0.25) is 0 Å². The second-order valence-electron chi connectivity index (χ2n) is 9.28. The molecule has 0 atom stereocenters. The van der Waals surface area contributed by atoms with Crippen molar-refractivity contribution in [3.63, 3.8) is 0 Å². The number of carbonyl (C=O) groups excluding carboxylic acids is 1. The van der Waals surface area contributed by atoms with Gasteiger partial charge in [-0.25, -0.2) is 21.6 Å². The molecule has 0 aliphatic heterocycles. The van der Waals surface area contributed by atoms with E-state index in [2.05, 4.69) is 0 Å². The van der Waals surface area contributed by atoms with Gasteiger partial charge < -0.3 is 14.4 Å². The molecule has 3 aromatic rings. The zero-order chi connectivity index (χ0) is 26.5. The lowest BCUT2D eigenvalue weighted by atomic mass is 10.1. The third-order valence-electron chi connectivity index (χ3n) is 5.11. The molecule has 0 unspecified atom stereocenters. The van der Waals surface area contributed by atoms with Crippen LogP contribution in [-0.2, 0) is 26.0 Å². The lowest BCUT2D eigenvalue weighted by Gasteiger charge is -2.24. The molecule has 0 aliphatic rings. The summed E-state index contributed by atoms with van der Waals surface area (Å²) in [5, 5.41) is 0. The summed E-state index contributed by atoms with van der Waals surface area (Å²) in [6.07, 6.45) is 4.39. The van der Waals surface area contributed by atoms with Gasteiger partial charge in [0.05, 0.1) is 23.7 Å². The Balaban J connectivity index is 2.06. The van der Waals surface area contributed by atoms with Crippen LogP contribution in [-0.4, -0.2) is 49.7 Å². The molecule has 192 valence electrons. The number of carbonyl (C=O) groups is 1. The second kappa shape index (κ2) is 11.1. The van der Waals surface area contributed by atoms with Crippen molar-refractivity contribution < 1.29 is 27.1 Å². The molecule has 0 fully saturated rings. The van der Waals surface area contributed by atoms with Crippen LogP contribution in [0.5, 0.6) is 0 Å². The van der Waals surface area contributed by atoms with Crippen molar-refractivity contribution in [2.75, 3.05) is 20.8 Å². The van der Waals surface area contributed by atoms with Gasteiger partial charge in [0.1, 0.15) is 11.4 Å². The summed E-state index contributed by atoms with van der Waals surface area (Å²) in [5.41, 5.74) is 0.783. The van der Waals surface area contributed by atoms with Crippen molar-refractivity contribution in [2.45, 2.75) is 37.8 Å². The van der Waals surface area contributed by atoms with E-state index in [1.807, 2.05) is 0 Å². The van der Waals surface area contributed by atoms with E-state index in [-0.39, 0.29) is 22.7 Å². The smallest absolute Gasteiger partial charge is 0.410 e. The number of benzene rings is 2. The van der Waals surface area contributed by atoms with E-state index in [1.54, 1.807) is 77.4 Å². The van der Waals surface area contributed by atoms with E-state index in [1.165, 1.54) is 35.4 Å². The van der Waals surface area contributed by atoms with E-state index in [0.29, 0.717) is 17.7 Å². The molecule has 9 heteroatoms. The number of halogens is 1. The van der Waals surface area contributed by atoms with E-state index in [0.717, 1.165) is 3.97 Å². The van der Waals surface area contributed by atoms with Crippen molar-refractivity contribution in [1.82, 2.24) is 8.87 Å². The minimum absolute atomic E-state index is 0.0438. The molecule has 3 rings (SSSR count). The number of methoxy groups -OCH3 is 1. The lowest BCUT2D eigenvalue weighted by molar-refractivity contribution is 0.0285. The number of amides is 1. The lowest BCUT2D eigenvalue weighted by Crippen LogP contribution is -2.33. The van der Waals surface area contributed by atoms with Crippen LogP contribution in [0.2, 0.25) is 0 Å². The summed E-state index contributed by atoms with van der Waals surface area (Å²) in [6.45, 7) is 5.74. The Labute approximate surface area is 211 Å². The van der Waals surface area contributed by atoms with E-state index in [4.69, 9.17) is 9.47 Å². The minimum Gasteiger partial charge on any atom is -0.444 e. The zero-order valence-electron chi connectivity index (χ0n) is 21.1. The summed E-state index contributed by atoms with van der Waals surface area (Å²) >= 11 is 0. The van der Waals surface area contributed by atoms with Gasteiger partial charge in [-0.2, -0.15) is 0 Å². The predicted octanol–water partition coefficient (Wildman–Crippen LogP) is 5.56. The van der Waals surface area contributed by atoms with Gasteiger partial charge in [0.2, 0.25) is 0 Å². The highest BCUT2D eigenvalue weighted by molar-refractivity contribution is 7.90. The maximum absolute atomic E-state index is 14.8. The number of nitrogens with zero attached hydrogens (tertiary/aromatic N) is 2. The SMILES string of the molecule is COCC=Cc1cccc(S(=O)(=O)n2cc(CN(C)C(=O)OC(C)(C)C)cc2-c2ccccc2F)c1. The largest absolute Gasteiger partial charge is 0.444 e. The molecule has 0 N–H and O–H groups in total. The minimum atomic E-state index is -4.10. The van der Waals surface area contributed by atoms with Gasteiger partial charge in [-0.15, -0.1) is 0 Å². The Morgan fingerprint density at radius 2 is 1.83 bits per heavy atom. The molecule has 1 amide bonds. The quantitative estimate of drug-likeness (QED) is 0.393. The van der Waals surface area contributed by atoms with Crippen molar-refractivity contribution in [1.29, 1.82) is 0 Å². The summed E-state index contributed by atoms with van der Waals surface area (Å²) in [6, 6.07) is 14.0. The van der Waals surface area contributed by atoms with E-state index in [9.17, 15) is 17.6 Å². The maximum atomic E-state index is 14.8. The monoisotopic (exact) mass is 514 g/mol. The van der Waals surface area contributed by atoms with Gasteiger partial charge >= 0.3 is 6.09 Å². The highest BCUT2D eigenvalue weighted by Crippen LogP contribution is 2.30. The first-order valence-electron chi connectivity index (χ1n) is 11.3. The molecule has 1 heterocycles. The van der Waals surface area contributed by atoms with Gasteiger partial charge in [0, 0.05) is 25.9 Å². The van der Waals surface area contributed by atoms with Crippen molar-refractivity contribution in [3.8, 4) is 11.3 Å². The average molecular weight is 515 g/mol. The summed E-state index contributed by atoms with van der Waals surface area (Å²) < 4.78 is 53.7. The molecule has 0 aliphatic carbocycles. The first-order chi connectivity index (χ1) is 16.9. The van der Waals surface area contributed by atoms with Crippen molar-refractivity contribution >= 4 is 22.2 Å². The fourth-order valence-corrected chi connectivity index (χ4v) is 4.95. The zero-order valence-corrected chi connectivity index (χ0v) is 21.9. The molecule has 1 aromatic heterocycles. The number of hydrogen-bond acceptors (Lipinski definition) is 5. The Morgan fingerprint density at radius 3 is 2.50 bits per heavy atom. The standard InChI is InChI=1S/C27H31FN2O5S/c1-27(2,3)35-26(31)29(4)18-21-17-25(23-13-6-7-14-24(23)28)30(19-21)36(32,33)22-12-8-10-20(16-22)11-9-15-34-5/h6-14,16-17,19H,15,18H2,1-5H3. The van der Waals surface area contributed by atoms with Gasteiger partial charge in [-0.05, 0) is 62.2 Å². The third kappa shape index (κ3) is 6.61. The maximum Gasteiger partial charge on any atom is 0.410 e. The number of ether oxygens (including phenoxy) is 2. The summed E-state index contributed by atoms with van der Waals surface area (Å²) in [5.74, 6) is -0.560. The van der Waals surface area contributed by atoms with Crippen LogP contribution < -0.4 is 0 Å². The van der Waals surface area contributed by atoms with E-state index >= 15 is 0 Å². The van der Waals surface area contributed by atoms with Crippen molar-refractivity contribution in [3.05, 3.63) is 83.8 Å². The Kier molecular flexibility index (Phi) is 8.37. The highest BCUT2D eigenvalue weighted by atomic mass is 32.2. The van der Waals surface area contributed by atoms with Crippen LogP contribution in [0.25, 0.3) is 17.3 Å². The second-order valence-corrected chi connectivity index (χ2v) is 11.1. The van der Waals surface area contributed by atoms with Crippen LogP contribution in [0.15, 0.2) is 71.8 Å². The van der Waals surface area contributed by atoms with Crippen molar-refractivity contribution in [2.24, 2.45) is 0 Å². The highest BCUT2D eigenvalue weighted by Gasteiger charge is 2.25. The van der Waals surface area contributed by atoms with Crippen LogP contribution in [0, 0.1) is 5.82 Å². The molecule has 0 saturated carbocycles. The molecule has 0 bridgehead atoms.